The first kappa shape index (κ1) is 57.4. The van der Waals surface area contributed by atoms with Crippen LogP contribution in [0.25, 0.3) is 0 Å². The Morgan fingerprint density at radius 3 is 0.678 bits per heavy atom. The van der Waals surface area contributed by atoms with Gasteiger partial charge in [-0.25, -0.2) is 0 Å². The molecule has 0 saturated heterocycles. The Morgan fingerprint density at radius 1 is 0.271 bits per heavy atom. The Labute approximate surface area is 368 Å². The van der Waals surface area contributed by atoms with Crippen LogP contribution in [0.4, 0.5) is 0 Å². The van der Waals surface area contributed by atoms with E-state index in [1.807, 2.05) is 0 Å². The van der Waals surface area contributed by atoms with Crippen molar-refractivity contribution in [3.63, 3.8) is 0 Å². The van der Waals surface area contributed by atoms with Gasteiger partial charge in [0.1, 0.15) is 13.2 Å². The minimum absolute atomic E-state index is 0.0619. The van der Waals surface area contributed by atoms with Gasteiger partial charge in [-0.1, -0.05) is 265 Å². The maximum atomic E-state index is 12.7. The van der Waals surface area contributed by atoms with E-state index in [2.05, 4.69) is 20.8 Å². The second-order valence-corrected chi connectivity index (χ2v) is 18.2. The summed E-state index contributed by atoms with van der Waals surface area (Å²) in [6, 6.07) is 0. The van der Waals surface area contributed by atoms with Gasteiger partial charge in [-0.05, 0) is 19.3 Å². The van der Waals surface area contributed by atoms with Gasteiger partial charge in [0.05, 0.1) is 0 Å². The summed E-state index contributed by atoms with van der Waals surface area (Å²) in [4.78, 5) is 37.9. The molecular weight excluding hydrogens is 733 g/mol. The van der Waals surface area contributed by atoms with Crippen LogP contribution in [0.15, 0.2) is 0 Å². The highest BCUT2D eigenvalue weighted by Gasteiger charge is 2.19. The lowest BCUT2D eigenvalue weighted by molar-refractivity contribution is -0.167. The molecule has 0 aliphatic rings. The summed E-state index contributed by atoms with van der Waals surface area (Å²) in [6.45, 7) is 6.67. The van der Waals surface area contributed by atoms with E-state index in [0.29, 0.717) is 19.3 Å². The van der Waals surface area contributed by atoms with E-state index in [-0.39, 0.29) is 31.1 Å². The second-order valence-electron chi connectivity index (χ2n) is 18.2. The number of esters is 3. The number of hydrogen-bond acceptors (Lipinski definition) is 6. The Balaban J connectivity index is 4.20. The van der Waals surface area contributed by atoms with Gasteiger partial charge in [0.15, 0.2) is 6.10 Å². The van der Waals surface area contributed by atoms with Crippen molar-refractivity contribution < 1.29 is 28.6 Å². The van der Waals surface area contributed by atoms with Gasteiger partial charge in [-0.2, -0.15) is 0 Å². The molecule has 0 N–H and O–H groups in total. The Kier molecular flexibility index (Phi) is 47.7. The highest BCUT2D eigenvalue weighted by molar-refractivity contribution is 5.71. The average molecular weight is 835 g/mol. The van der Waals surface area contributed by atoms with Crippen LogP contribution in [0.5, 0.6) is 0 Å². The fourth-order valence-corrected chi connectivity index (χ4v) is 8.09. The molecule has 59 heavy (non-hydrogen) atoms. The van der Waals surface area contributed by atoms with Gasteiger partial charge in [0, 0.05) is 19.3 Å². The molecule has 0 aromatic rings. The van der Waals surface area contributed by atoms with E-state index >= 15 is 0 Å². The van der Waals surface area contributed by atoms with Crippen LogP contribution >= 0.6 is 0 Å². The van der Waals surface area contributed by atoms with Gasteiger partial charge in [-0.3, -0.25) is 14.4 Å². The third kappa shape index (κ3) is 47.3. The van der Waals surface area contributed by atoms with Crippen LogP contribution in [0.3, 0.4) is 0 Å². The van der Waals surface area contributed by atoms with Crippen LogP contribution in [-0.4, -0.2) is 37.2 Å². The molecule has 0 spiro atoms. The molecule has 6 nitrogen and oxygen atoms in total. The lowest BCUT2D eigenvalue weighted by atomic mass is 10.0. The van der Waals surface area contributed by atoms with E-state index < -0.39 is 6.10 Å². The number of carbonyl (C=O) groups is 3. The summed E-state index contributed by atoms with van der Waals surface area (Å²) < 4.78 is 16.8. The summed E-state index contributed by atoms with van der Waals surface area (Å²) >= 11 is 0. The fraction of sp³-hybridized carbons (Fsp3) is 0.943. The van der Waals surface area contributed by atoms with Crippen molar-refractivity contribution in [1.29, 1.82) is 0 Å². The molecule has 0 rings (SSSR count). The van der Waals surface area contributed by atoms with Gasteiger partial charge in [0.2, 0.25) is 0 Å². The first-order valence-corrected chi connectivity index (χ1v) is 26.5. The molecule has 0 aromatic carbocycles. The van der Waals surface area contributed by atoms with Gasteiger partial charge >= 0.3 is 17.9 Å². The van der Waals surface area contributed by atoms with Crippen molar-refractivity contribution in [2.75, 3.05) is 13.2 Å². The molecule has 0 aliphatic heterocycles. The standard InChI is InChI=1S/C53H102O6/c1-4-7-10-13-16-19-22-24-25-26-27-28-29-30-32-35-37-40-43-46-52(55)58-49-50(59-53(56)47-44-41-38-33-21-18-15-12-9-6-3)48-57-51(54)45-42-39-36-34-31-23-20-17-14-11-8-5-2/h50H,4-49H2,1-3H3/t50-/m1/s1. The quantitative estimate of drug-likeness (QED) is 0.0345. The van der Waals surface area contributed by atoms with Crippen LogP contribution in [0.2, 0.25) is 0 Å². The van der Waals surface area contributed by atoms with E-state index in [0.717, 1.165) is 57.8 Å². The van der Waals surface area contributed by atoms with Gasteiger partial charge < -0.3 is 14.2 Å². The molecule has 0 unspecified atom stereocenters. The van der Waals surface area contributed by atoms with Crippen LogP contribution in [0.1, 0.15) is 303 Å². The number of ether oxygens (including phenoxy) is 3. The average Bonchev–Trinajstić information content (AvgIpc) is 3.23. The largest absolute Gasteiger partial charge is 0.462 e. The SMILES string of the molecule is CCCCCCCCCCCCCCCCCCCCCC(=O)OC[C@@H](COC(=O)CCCCCCCCCCCCCC)OC(=O)CCCCCCCCCCCC. The zero-order valence-corrected chi connectivity index (χ0v) is 40.1. The molecule has 350 valence electrons. The normalized spacial score (nSPS) is 11.8. The molecule has 1 atom stereocenters. The lowest BCUT2D eigenvalue weighted by Gasteiger charge is -2.18. The maximum absolute atomic E-state index is 12.7. The molecule has 0 bridgehead atoms. The van der Waals surface area contributed by atoms with Crippen LogP contribution < -0.4 is 0 Å². The maximum Gasteiger partial charge on any atom is 0.306 e. The van der Waals surface area contributed by atoms with Crippen molar-refractivity contribution in [3.05, 3.63) is 0 Å². The minimum atomic E-state index is -0.759. The monoisotopic (exact) mass is 835 g/mol. The van der Waals surface area contributed by atoms with E-state index in [1.54, 1.807) is 0 Å². The van der Waals surface area contributed by atoms with Crippen LogP contribution in [-0.2, 0) is 28.6 Å². The first-order chi connectivity index (χ1) is 29.0. The lowest BCUT2D eigenvalue weighted by Crippen LogP contribution is -2.30. The molecular formula is C53H102O6. The van der Waals surface area contributed by atoms with E-state index in [4.69, 9.17) is 14.2 Å². The predicted octanol–water partition coefficient (Wildman–Crippen LogP) is 17.2. The molecule has 0 amide bonds. The number of rotatable bonds is 49. The molecule has 0 aromatic heterocycles. The Bertz CT molecular complexity index is 874. The molecule has 0 aliphatic carbocycles. The topological polar surface area (TPSA) is 78.9 Å². The number of unbranched alkanes of at least 4 members (excludes halogenated alkanes) is 38. The molecule has 0 saturated carbocycles. The van der Waals surface area contributed by atoms with Gasteiger partial charge in [0.25, 0.3) is 0 Å². The van der Waals surface area contributed by atoms with Gasteiger partial charge in [-0.15, -0.1) is 0 Å². The summed E-state index contributed by atoms with van der Waals surface area (Å²) in [5.74, 6) is -0.842. The third-order valence-corrected chi connectivity index (χ3v) is 12.1. The summed E-state index contributed by atoms with van der Waals surface area (Å²) in [6.07, 6.45) is 52.3. The van der Waals surface area contributed by atoms with Crippen molar-refractivity contribution in [2.24, 2.45) is 0 Å². The first-order valence-electron chi connectivity index (χ1n) is 26.5. The van der Waals surface area contributed by atoms with Crippen molar-refractivity contribution in [1.82, 2.24) is 0 Å². The van der Waals surface area contributed by atoms with Crippen molar-refractivity contribution in [3.8, 4) is 0 Å². The van der Waals surface area contributed by atoms with Crippen molar-refractivity contribution in [2.45, 2.75) is 309 Å². The summed E-state index contributed by atoms with van der Waals surface area (Å²) in [5.41, 5.74) is 0. The Hall–Kier alpha value is -1.59. The predicted molar refractivity (Wildman–Crippen MR) is 252 cm³/mol. The second kappa shape index (κ2) is 49.1. The van der Waals surface area contributed by atoms with E-state index in [1.165, 1.54) is 205 Å². The van der Waals surface area contributed by atoms with Crippen molar-refractivity contribution >= 4 is 17.9 Å². The highest BCUT2D eigenvalue weighted by atomic mass is 16.6. The molecule has 0 fully saturated rings. The Morgan fingerprint density at radius 2 is 0.458 bits per heavy atom. The molecule has 6 heteroatoms. The number of hydrogen-bond donors (Lipinski definition) is 0. The van der Waals surface area contributed by atoms with E-state index in [9.17, 15) is 14.4 Å². The zero-order valence-electron chi connectivity index (χ0n) is 40.1. The smallest absolute Gasteiger partial charge is 0.306 e. The van der Waals surface area contributed by atoms with Crippen LogP contribution in [0, 0.1) is 0 Å². The summed E-state index contributed by atoms with van der Waals surface area (Å²) in [5, 5.41) is 0. The minimum Gasteiger partial charge on any atom is -0.462 e. The number of carbonyl (C=O) groups excluding carboxylic acids is 3. The third-order valence-electron chi connectivity index (χ3n) is 12.1. The summed E-state index contributed by atoms with van der Waals surface area (Å²) in [7, 11) is 0. The highest BCUT2D eigenvalue weighted by Crippen LogP contribution is 2.17. The molecule has 0 heterocycles. The zero-order chi connectivity index (χ0) is 43.0. The fourth-order valence-electron chi connectivity index (χ4n) is 8.09. The molecule has 0 radical (unpaired) electrons.